The third kappa shape index (κ3) is 5.34. The lowest BCUT2D eigenvalue weighted by molar-refractivity contribution is -0.111. The Kier molecular flexibility index (Phi) is 5.71. The van der Waals surface area contributed by atoms with E-state index in [1.54, 1.807) is 24.3 Å². The lowest BCUT2D eigenvalue weighted by Crippen LogP contribution is -2.13. The molecule has 0 aromatic heterocycles. The first-order chi connectivity index (χ1) is 13.2. The summed E-state index contributed by atoms with van der Waals surface area (Å²) in [4.78, 5) is 12.1. The van der Waals surface area contributed by atoms with Crippen molar-refractivity contribution in [2.75, 3.05) is 22.9 Å². The average molecular weight is 423 g/mol. The number of hydrogen-bond donors (Lipinski definition) is 2. The van der Waals surface area contributed by atoms with Gasteiger partial charge in [-0.2, -0.15) is 0 Å². The van der Waals surface area contributed by atoms with E-state index in [0.717, 1.165) is 23.5 Å². The van der Waals surface area contributed by atoms with Crippen LogP contribution in [0.5, 0.6) is 5.75 Å². The van der Waals surface area contributed by atoms with Crippen molar-refractivity contribution in [2.24, 2.45) is 0 Å². The quantitative estimate of drug-likeness (QED) is 0.717. The maximum Gasteiger partial charge on any atom is 0.248 e. The number of carbonyl (C=O) groups excluding carboxylic acids is 1. The highest BCUT2D eigenvalue weighted by Crippen LogP contribution is 2.29. The number of fused-ring (bicyclic) bond motifs is 1. The molecule has 9 heteroatoms. The topological polar surface area (TPSA) is 84.5 Å². The normalized spacial score (nSPS) is 13.5. The molecule has 0 spiro atoms. The van der Waals surface area contributed by atoms with Crippen LogP contribution in [0.1, 0.15) is 5.56 Å². The lowest BCUT2D eigenvalue weighted by Gasteiger charge is -2.16. The van der Waals surface area contributed by atoms with Crippen molar-refractivity contribution in [3.63, 3.8) is 0 Å². The summed E-state index contributed by atoms with van der Waals surface area (Å²) in [6, 6.07) is 8.86. The summed E-state index contributed by atoms with van der Waals surface area (Å²) in [7, 11) is -3.64. The SMILES string of the molecule is CS(=O)(=O)Nc1cc(NC(=O)/C=C/C2=Cc3cc(Cl)ccc3OC2)ccc1F. The van der Waals surface area contributed by atoms with E-state index in [-0.39, 0.29) is 11.4 Å². The van der Waals surface area contributed by atoms with Gasteiger partial charge in [0.2, 0.25) is 15.9 Å². The van der Waals surface area contributed by atoms with Crippen molar-refractivity contribution in [1.29, 1.82) is 0 Å². The summed E-state index contributed by atoms with van der Waals surface area (Å²) < 4.78 is 43.9. The molecule has 1 amide bonds. The molecule has 0 aliphatic carbocycles. The van der Waals surface area contributed by atoms with E-state index in [1.807, 2.05) is 6.08 Å². The second-order valence-electron chi connectivity index (χ2n) is 6.08. The molecule has 6 nitrogen and oxygen atoms in total. The number of rotatable bonds is 5. The van der Waals surface area contributed by atoms with Crippen molar-refractivity contribution in [1.82, 2.24) is 0 Å². The van der Waals surface area contributed by atoms with Crippen LogP contribution in [0.25, 0.3) is 6.08 Å². The van der Waals surface area contributed by atoms with Gasteiger partial charge < -0.3 is 10.1 Å². The zero-order chi connectivity index (χ0) is 20.3. The molecular formula is C19H16ClFN2O4S. The van der Waals surface area contributed by atoms with Gasteiger partial charge in [0.25, 0.3) is 0 Å². The van der Waals surface area contributed by atoms with E-state index in [2.05, 4.69) is 10.0 Å². The molecule has 3 rings (SSSR count). The first-order valence-corrected chi connectivity index (χ1v) is 10.4. The Morgan fingerprint density at radius 3 is 2.79 bits per heavy atom. The highest BCUT2D eigenvalue weighted by molar-refractivity contribution is 7.92. The summed E-state index contributed by atoms with van der Waals surface area (Å²) in [6.45, 7) is 0.303. The van der Waals surface area contributed by atoms with Crippen LogP contribution in [-0.4, -0.2) is 27.2 Å². The van der Waals surface area contributed by atoms with E-state index < -0.39 is 21.7 Å². The Morgan fingerprint density at radius 1 is 1.25 bits per heavy atom. The van der Waals surface area contributed by atoms with E-state index in [9.17, 15) is 17.6 Å². The molecule has 0 atom stereocenters. The number of amides is 1. The fourth-order valence-corrected chi connectivity index (χ4v) is 3.25. The molecule has 0 bridgehead atoms. The number of anilines is 2. The molecule has 0 unspecified atom stereocenters. The molecule has 1 aliphatic heterocycles. The van der Waals surface area contributed by atoms with Crippen LogP contribution in [0.2, 0.25) is 5.02 Å². The minimum Gasteiger partial charge on any atom is -0.488 e. The standard InChI is InChI=1S/C19H16ClFN2O4S/c1-28(25,26)23-17-10-15(4-5-16(17)21)22-19(24)7-2-12-8-13-9-14(20)3-6-18(13)27-11-12/h2-10,23H,11H2,1H3,(H,22,24)/b7-2+. The number of nitrogens with one attached hydrogen (secondary N) is 2. The predicted octanol–water partition coefficient (Wildman–Crippen LogP) is 3.82. The van der Waals surface area contributed by atoms with Crippen LogP contribution in [-0.2, 0) is 14.8 Å². The number of benzene rings is 2. The van der Waals surface area contributed by atoms with E-state index in [0.29, 0.717) is 17.4 Å². The van der Waals surface area contributed by atoms with Crippen molar-refractivity contribution in [3.8, 4) is 5.75 Å². The summed E-state index contributed by atoms with van der Waals surface area (Å²) in [5, 5.41) is 3.13. The second-order valence-corrected chi connectivity index (χ2v) is 8.27. The third-order valence-corrected chi connectivity index (χ3v) is 4.51. The third-order valence-electron chi connectivity index (χ3n) is 3.69. The number of ether oxygens (including phenoxy) is 1. The Balaban J connectivity index is 1.70. The van der Waals surface area contributed by atoms with Gasteiger partial charge in [-0.1, -0.05) is 17.7 Å². The van der Waals surface area contributed by atoms with Gasteiger partial charge in [-0.25, -0.2) is 12.8 Å². The largest absolute Gasteiger partial charge is 0.488 e. The first-order valence-electron chi connectivity index (χ1n) is 8.09. The van der Waals surface area contributed by atoms with E-state index in [1.165, 1.54) is 18.2 Å². The van der Waals surface area contributed by atoms with Gasteiger partial charge in [-0.15, -0.1) is 0 Å². The molecule has 0 fully saturated rings. The van der Waals surface area contributed by atoms with Gasteiger partial charge in [0.15, 0.2) is 0 Å². The number of halogens is 2. The van der Waals surface area contributed by atoms with Gasteiger partial charge in [0.1, 0.15) is 18.2 Å². The van der Waals surface area contributed by atoms with Crippen molar-refractivity contribution >= 4 is 45.0 Å². The summed E-state index contributed by atoms with van der Waals surface area (Å²) in [5.74, 6) is -0.501. The number of carbonyl (C=O) groups is 1. The molecule has 2 aromatic carbocycles. The lowest BCUT2D eigenvalue weighted by atomic mass is 10.1. The molecule has 2 N–H and O–H groups in total. The van der Waals surface area contributed by atoms with Gasteiger partial charge in [0, 0.05) is 22.3 Å². The van der Waals surface area contributed by atoms with E-state index >= 15 is 0 Å². The minimum atomic E-state index is -3.64. The predicted molar refractivity (Wildman–Crippen MR) is 108 cm³/mol. The average Bonchev–Trinajstić information content (AvgIpc) is 2.61. The molecule has 28 heavy (non-hydrogen) atoms. The monoisotopic (exact) mass is 422 g/mol. The van der Waals surface area contributed by atoms with Crippen LogP contribution in [0.15, 0.2) is 54.1 Å². The van der Waals surface area contributed by atoms with Crippen LogP contribution in [0.3, 0.4) is 0 Å². The molecule has 0 radical (unpaired) electrons. The molecule has 0 saturated carbocycles. The molecule has 2 aromatic rings. The molecule has 146 valence electrons. The molecule has 1 heterocycles. The van der Waals surface area contributed by atoms with Crippen LogP contribution in [0, 0.1) is 5.82 Å². The zero-order valence-electron chi connectivity index (χ0n) is 14.7. The van der Waals surface area contributed by atoms with Gasteiger partial charge >= 0.3 is 0 Å². The molecule has 1 aliphatic rings. The van der Waals surface area contributed by atoms with Crippen molar-refractivity contribution in [3.05, 3.63) is 70.5 Å². The van der Waals surface area contributed by atoms with Crippen LogP contribution < -0.4 is 14.8 Å². The van der Waals surface area contributed by atoms with Crippen LogP contribution >= 0.6 is 11.6 Å². The molecular weight excluding hydrogens is 407 g/mol. The minimum absolute atomic E-state index is 0.244. The summed E-state index contributed by atoms with van der Waals surface area (Å²) in [6.07, 6.45) is 5.67. The van der Waals surface area contributed by atoms with Gasteiger partial charge in [0.05, 0.1) is 11.9 Å². The second kappa shape index (κ2) is 8.04. The molecule has 0 saturated heterocycles. The highest BCUT2D eigenvalue weighted by Gasteiger charge is 2.11. The fraction of sp³-hybridized carbons (Fsp3) is 0.105. The fourth-order valence-electron chi connectivity index (χ4n) is 2.51. The van der Waals surface area contributed by atoms with Crippen LogP contribution in [0.4, 0.5) is 15.8 Å². The smallest absolute Gasteiger partial charge is 0.248 e. The Bertz CT molecular complexity index is 1100. The summed E-state index contributed by atoms with van der Waals surface area (Å²) >= 11 is 5.97. The van der Waals surface area contributed by atoms with Gasteiger partial charge in [-0.3, -0.25) is 9.52 Å². The Hall–Kier alpha value is -2.84. The van der Waals surface area contributed by atoms with Crippen molar-refractivity contribution in [2.45, 2.75) is 0 Å². The number of sulfonamides is 1. The van der Waals surface area contributed by atoms with Gasteiger partial charge in [-0.05, 0) is 48.0 Å². The van der Waals surface area contributed by atoms with E-state index in [4.69, 9.17) is 16.3 Å². The highest BCUT2D eigenvalue weighted by atomic mass is 35.5. The first kappa shape index (κ1) is 19.9. The maximum atomic E-state index is 13.7. The maximum absolute atomic E-state index is 13.7. The number of hydrogen-bond acceptors (Lipinski definition) is 4. The Morgan fingerprint density at radius 2 is 2.04 bits per heavy atom. The summed E-state index contributed by atoms with van der Waals surface area (Å²) in [5.41, 5.74) is 1.58. The Labute approximate surface area is 166 Å². The van der Waals surface area contributed by atoms with Crippen molar-refractivity contribution < 1.29 is 22.3 Å². The zero-order valence-corrected chi connectivity index (χ0v) is 16.3.